The van der Waals surface area contributed by atoms with Crippen LogP contribution in [0.2, 0.25) is 0 Å². The normalized spacial score (nSPS) is 15.4. The molecule has 0 bridgehead atoms. The Bertz CT molecular complexity index is 137. The van der Waals surface area contributed by atoms with Gasteiger partial charge in [-0.2, -0.15) is 0 Å². The summed E-state index contributed by atoms with van der Waals surface area (Å²) in [5, 5.41) is 0. The van der Waals surface area contributed by atoms with E-state index in [9.17, 15) is 0 Å². The van der Waals surface area contributed by atoms with Crippen molar-refractivity contribution in [2.75, 3.05) is 0 Å². The summed E-state index contributed by atoms with van der Waals surface area (Å²) in [4.78, 5) is 0. The number of hydrogen-bond acceptors (Lipinski definition) is 0. The van der Waals surface area contributed by atoms with E-state index in [1.165, 1.54) is 51.4 Å². The van der Waals surface area contributed by atoms with Crippen molar-refractivity contribution in [3.63, 3.8) is 0 Å². The molecule has 0 heterocycles. The first-order valence-corrected chi connectivity index (χ1v) is 7.61. The van der Waals surface area contributed by atoms with E-state index in [4.69, 9.17) is 0 Å². The highest BCUT2D eigenvalue weighted by atomic mass is 14.2. The zero-order chi connectivity index (χ0) is 12.4. The lowest BCUT2D eigenvalue weighted by Crippen LogP contribution is -2.13. The number of unbranched alkanes of at least 4 members (excludes halogenated alkanes) is 3. The van der Waals surface area contributed by atoms with Crippen LogP contribution in [0, 0.1) is 17.8 Å². The summed E-state index contributed by atoms with van der Waals surface area (Å²) in [7, 11) is 0. The van der Waals surface area contributed by atoms with Crippen LogP contribution in [0.1, 0.15) is 86.0 Å². The summed E-state index contributed by atoms with van der Waals surface area (Å²) in [5.74, 6) is 2.78. The molecule has 0 aliphatic heterocycles. The Morgan fingerprint density at radius 1 is 0.750 bits per heavy atom. The minimum absolute atomic E-state index is 0.875. The SMILES string of the molecule is CCCCCC(C)CC(CCCC)C(C)C. The van der Waals surface area contributed by atoms with Crippen LogP contribution < -0.4 is 0 Å². The van der Waals surface area contributed by atoms with Gasteiger partial charge in [-0.25, -0.2) is 0 Å². The monoisotopic (exact) mass is 226 g/mol. The van der Waals surface area contributed by atoms with Crippen molar-refractivity contribution >= 4 is 0 Å². The Kier molecular flexibility index (Phi) is 10.2. The van der Waals surface area contributed by atoms with Crippen molar-refractivity contribution in [1.82, 2.24) is 0 Å². The maximum atomic E-state index is 2.46. The van der Waals surface area contributed by atoms with Gasteiger partial charge in [0.1, 0.15) is 0 Å². The van der Waals surface area contributed by atoms with E-state index in [0.717, 1.165) is 17.8 Å². The van der Waals surface area contributed by atoms with Crippen molar-refractivity contribution in [2.24, 2.45) is 17.8 Å². The molecule has 0 heteroatoms. The molecule has 0 saturated carbocycles. The first-order valence-electron chi connectivity index (χ1n) is 7.61. The summed E-state index contributed by atoms with van der Waals surface area (Å²) in [6.45, 7) is 11.9. The maximum absolute atomic E-state index is 2.46. The van der Waals surface area contributed by atoms with Crippen LogP contribution in [0.3, 0.4) is 0 Å². The third-order valence-electron chi connectivity index (χ3n) is 3.88. The quantitative estimate of drug-likeness (QED) is 0.397. The van der Waals surface area contributed by atoms with E-state index in [-0.39, 0.29) is 0 Å². The van der Waals surface area contributed by atoms with Crippen LogP contribution in [0.4, 0.5) is 0 Å². The van der Waals surface area contributed by atoms with Gasteiger partial charge in [0.15, 0.2) is 0 Å². The second-order valence-electron chi connectivity index (χ2n) is 5.98. The Hall–Kier alpha value is 0. The molecule has 98 valence electrons. The van der Waals surface area contributed by atoms with Crippen molar-refractivity contribution in [3.05, 3.63) is 0 Å². The lowest BCUT2D eigenvalue weighted by molar-refractivity contribution is 0.273. The highest BCUT2D eigenvalue weighted by Gasteiger charge is 2.16. The molecular weight excluding hydrogens is 192 g/mol. The minimum atomic E-state index is 0.875. The Balaban J connectivity index is 3.78. The van der Waals surface area contributed by atoms with Crippen molar-refractivity contribution in [3.8, 4) is 0 Å². The molecule has 2 unspecified atom stereocenters. The van der Waals surface area contributed by atoms with Crippen molar-refractivity contribution in [2.45, 2.75) is 86.0 Å². The minimum Gasteiger partial charge on any atom is -0.0654 e. The average molecular weight is 226 g/mol. The molecule has 0 fully saturated rings. The van der Waals surface area contributed by atoms with Gasteiger partial charge in [-0.1, -0.05) is 79.6 Å². The van der Waals surface area contributed by atoms with E-state index < -0.39 is 0 Å². The summed E-state index contributed by atoms with van der Waals surface area (Å²) in [6, 6.07) is 0. The van der Waals surface area contributed by atoms with Crippen LogP contribution >= 0.6 is 0 Å². The number of rotatable bonds is 10. The fourth-order valence-corrected chi connectivity index (χ4v) is 2.57. The summed E-state index contributed by atoms with van der Waals surface area (Å²) in [5.41, 5.74) is 0. The molecular formula is C16H34. The van der Waals surface area contributed by atoms with E-state index in [1.54, 1.807) is 0 Å². The molecule has 0 radical (unpaired) electrons. The van der Waals surface area contributed by atoms with Crippen LogP contribution in [0.25, 0.3) is 0 Å². The van der Waals surface area contributed by atoms with Crippen LogP contribution in [-0.4, -0.2) is 0 Å². The highest BCUT2D eigenvalue weighted by molar-refractivity contribution is 4.67. The van der Waals surface area contributed by atoms with Crippen molar-refractivity contribution in [1.29, 1.82) is 0 Å². The molecule has 0 saturated heterocycles. The molecule has 0 aromatic carbocycles. The molecule has 0 amide bonds. The predicted molar refractivity (Wildman–Crippen MR) is 75.8 cm³/mol. The zero-order valence-electron chi connectivity index (χ0n) is 12.4. The van der Waals surface area contributed by atoms with Gasteiger partial charge >= 0.3 is 0 Å². The van der Waals surface area contributed by atoms with Gasteiger partial charge in [0.2, 0.25) is 0 Å². The molecule has 0 aromatic rings. The highest BCUT2D eigenvalue weighted by Crippen LogP contribution is 2.27. The lowest BCUT2D eigenvalue weighted by atomic mass is 9.82. The molecule has 0 aliphatic carbocycles. The molecule has 0 aliphatic rings. The Labute approximate surface area is 104 Å². The fourth-order valence-electron chi connectivity index (χ4n) is 2.57. The van der Waals surface area contributed by atoms with Crippen LogP contribution in [-0.2, 0) is 0 Å². The summed E-state index contributed by atoms with van der Waals surface area (Å²) < 4.78 is 0. The Morgan fingerprint density at radius 3 is 1.88 bits per heavy atom. The molecule has 0 aromatic heterocycles. The fraction of sp³-hybridized carbons (Fsp3) is 1.00. The second kappa shape index (κ2) is 10.2. The summed E-state index contributed by atoms with van der Waals surface area (Å²) in [6.07, 6.45) is 11.4. The average Bonchev–Trinajstić information content (AvgIpc) is 2.24. The molecule has 0 spiro atoms. The third kappa shape index (κ3) is 8.19. The predicted octanol–water partition coefficient (Wildman–Crippen LogP) is 6.06. The van der Waals surface area contributed by atoms with E-state index >= 15 is 0 Å². The zero-order valence-corrected chi connectivity index (χ0v) is 12.4. The molecule has 16 heavy (non-hydrogen) atoms. The van der Waals surface area contributed by atoms with Crippen LogP contribution in [0.15, 0.2) is 0 Å². The first kappa shape index (κ1) is 16.0. The van der Waals surface area contributed by atoms with Gasteiger partial charge in [-0.3, -0.25) is 0 Å². The molecule has 2 atom stereocenters. The molecule has 0 N–H and O–H groups in total. The Morgan fingerprint density at radius 2 is 1.38 bits per heavy atom. The van der Waals surface area contributed by atoms with Gasteiger partial charge in [-0.15, -0.1) is 0 Å². The largest absolute Gasteiger partial charge is 0.0654 e. The van der Waals surface area contributed by atoms with Crippen molar-refractivity contribution < 1.29 is 0 Å². The van der Waals surface area contributed by atoms with Crippen LogP contribution in [0.5, 0.6) is 0 Å². The standard InChI is InChI=1S/C16H34/c1-6-8-10-11-15(5)13-16(14(3)4)12-9-7-2/h14-16H,6-13H2,1-5H3. The second-order valence-corrected chi connectivity index (χ2v) is 5.98. The van der Waals surface area contributed by atoms with E-state index in [1.807, 2.05) is 0 Å². The topological polar surface area (TPSA) is 0 Å². The van der Waals surface area contributed by atoms with Gasteiger partial charge in [-0.05, 0) is 24.2 Å². The first-order chi connectivity index (χ1) is 7.61. The van der Waals surface area contributed by atoms with Gasteiger partial charge in [0.05, 0.1) is 0 Å². The van der Waals surface area contributed by atoms with Gasteiger partial charge in [0, 0.05) is 0 Å². The summed E-state index contributed by atoms with van der Waals surface area (Å²) >= 11 is 0. The van der Waals surface area contributed by atoms with E-state index in [2.05, 4.69) is 34.6 Å². The third-order valence-corrected chi connectivity index (χ3v) is 3.88. The molecule has 0 rings (SSSR count). The maximum Gasteiger partial charge on any atom is -0.0389 e. The lowest BCUT2D eigenvalue weighted by Gasteiger charge is -2.24. The smallest absolute Gasteiger partial charge is 0.0389 e. The molecule has 0 nitrogen and oxygen atoms in total. The van der Waals surface area contributed by atoms with Gasteiger partial charge in [0.25, 0.3) is 0 Å². The van der Waals surface area contributed by atoms with Gasteiger partial charge < -0.3 is 0 Å². The van der Waals surface area contributed by atoms with E-state index in [0.29, 0.717) is 0 Å². The number of hydrogen-bond donors (Lipinski definition) is 0.